The van der Waals surface area contributed by atoms with Crippen LogP contribution in [0.15, 0.2) is 42.7 Å². The van der Waals surface area contributed by atoms with Crippen LogP contribution in [-0.4, -0.2) is 38.0 Å². The Kier molecular flexibility index (Phi) is 5.53. The monoisotopic (exact) mass is 409 g/mol. The lowest BCUT2D eigenvalue weighted by molar-refractivity contribution is -0.113. The zero-order chi connectivity index (χ0) is 20.4. The summed E-state index contributed by atoms with van der Waals surface area (Å²) in [5, 5.41) is 7.57. The molecule has 1 aliphatic heterocycles. The molecule has 1 atom stereocenters. The minimum Gasteiger partial charge on any atom is -0.493 e. The molecule has 2 aromatic heterocycles. The SMILES string of the molecule is Cc1nn(-c2ncccn2)c2c1[C@@H](c1cccc(OCC(C)C)c1)SCC(=O)N2. The molecule has 3 heterocycles. The topological polar surface area (TPSA) is 81.9 Å². The third-order valence-corrected chi connectivity index (χ3v) is 5.76. The summed E-state index contributed by atoms with van der Waals surface area (Å²) in [5.74, 6) is 2.62. The number of carbonyl (C=O) groups excluding carboxylic acids is 1. The van der Waals surface area contributed by atoms with Gasteiger partial charge in [0.2, 0.25) is 5.91 Å². The van der Waals surface area contributed by atoms with Crippen molar-refractivity contribution in [1.82, 2.24) is 19.7 Å². The van der Waals surface area contributed by atoms with Gasteiger partial charge < -0.3 is 10.1 Å². The number of nitrogens with zero attached hydrogens (tertiary/aromatic N) is 4. The number of ether oxygens (including phenoxy) is 1. The van der Waals surface area contributed by atoms with Gasteiger partial charge in [-0.15, -0.1) is 11.8 Å². The lowest BCUT2D eigenvalue weighted by atomic mass is 10.0. The van der Waals surface area contributed by atoms with Crippen molar-refractivity contribution in [2.24, 2.45) is 5.92 Å². The van der Waals surface area contributed by atoms with E-state index in [1.54, 1.807) is 34.9 Å². The van der Waals surface area contributed by atoms with Crippen LogP contribution in [-0.2, 0) is 4.79 Å². The highest BCUT2D eigenvalue weighted by atomic mass is 32.2. The lowest BCUT2D eigenvalue weighted by Crippen LogP contribution is -2.16. The third kappa shape index (κ3) is 4.12. The second-order valence-electron chi connectivity index (χ2n) is 7.32. The van der Waals surface area contributed by atoms with E-state index in [9.17, 15) is 4.79 Å². The van der Waals surface area contributed by atoms with E-state index in [-0.39, 0.29) is 11.2 Å². The molecule has 0 aliphatic carbocycles. The number of hydrogen-bond donors (Lipinski definition) is 1. The zero-order valence-electron chi connectivity index (χ0n) is 16.6. The molecule has 29 heavy (non-hydrogen) atoms. The van der Waals surface area contributed by atoms with Crippen LogP contribution in [0.3, 0.4) is 0 Å². The van der Waals surface area contributed by atoms with Gasteiger partial charge in [-0.1, -0.05) is 26.0 Å². The number of benzene rings is 1. The third-order valence-electron chi connectivity index (χ3n) is 4.49. The number of rotatable bonds is 5. The van der Waals surface area contributed by atoms with E-state index in [1.165, 1.54) is 0 Å². The molecule has 0 bridgehead atoms. The number of thioether (sulfide) groups is 1. The van der Waals surface area contributed by atoms with Crippen molar-refractivity contribution in [3.63, 3.8) is 0 Å². The van der Waals surface area contributed by atoms with Gasteiger partial charge in [-0.2, -0.15) is 9.78 Å². The van der Waals surface area contributed by atoms with Crippen LogP contribution in [0.4, 0.5) is 5.82 Å². The van der Waals surface area contributed by atoms with Gasteiger partial charge in [0.25, 0.3) is 5.95 Å². The Bertz CT molecular complexity index is 1020. The molecule has 8 heteroatoms. The van der Waals surface area contributed by atoms with E-state index in [4.69, 9.17) is 4.74 Å². The Morgan fingerprint density at radius 3 is 2.83 bits per heavy atom. The number of nitrogens with one attached hydrogen (secondary N) is 1. The van der Waals surface area contributed by atoms with Crippen LogP contribution in [0, 0.1) is 12.8 Å². The number of carbonyl (C=O) groups is 1. The first-order valence-corrected chi connectivity index (χ1v) is 10.6. The van der Waals surface area contributed by atoms with Gasteiger partial charge in [0.15, 0.2) is 0 Å². The number of aryl methyl sites for hydroxylation is 1. The van der Waals surface area contributed by atoms with Gasteiger partial charge in [0.1, 0.15) is 11.6 Å². The van der Waals surface area contributed by atoms with E-state index in [0.29, 0.717) is 30.0 Å². The van der Waals surface area contributed by atoms with Gasteiger partial charge in [-0.05, 0) is 36.6 Å². The highest BCUT2D eigenvalue weighted by Gasteiger charge is 2.31. The lowest BCUT2D eigenvalue weighted by Gasteiger charge is -2.17. The second kappa shape index (κ2) is 8.24. The van der Waals surface area contributed by atoms with Crippen molar-refractivity contribution in [3.05, 3.63) is 59.5 Å². The minimum absolute atomic E-state index is 0.0518. The molecule has 3 aromatic rings. The van der Waals surface area contributed by atoms with Crippen molar-refractivity contribution >= 4 is 23.5 Å². The molecule has 0 saturated heterocycles. The normalized spacial score (nSPS) is 16.3. The molecule has 1 aliphatic rings. The average Bonchev–Trinajstić information content (AvgIpc) is 2.92. The summed E-state index contributed by atoms with van der Waals surface area (Å²) in [4.78, 5) is 21.0. The molecular weight excluding hydrogens is 386 g/mol. The van der Waals surface area contributed by atoms with Crippen LogP contribution in [0.1, 0.15) is 35.9 Å². The molecule has 1 amide bonds. The quantitative estimate of drug-likeness (QED) is 0.691. The predicted molar refractivity (Wildman–Crippen MR) is 114 cm³/mol. The molecule has 1 N–H and O–H groups in total. The fourth-order valence-electron chi connectivity index (χ4n) is 3.22. The predicted octanol–water partition coefficient (Wildman–Crippen LogP) is 3.78. The molecule has 7 nitrogen and oxygen atoms in total. The maximum atomic E-state index is 12.4. The second-order valence-corrected chi connectivity index (χ2v) is 8.42. The molecule has 150 valence electrons. The smallest absolute Gasteiger partial charge is 0.252 e. The van der Waals surface area contributed by atoms with E-state index < -0.39 is 0 Å². The van der Waals surface area contributed by atoms with Crippen LogP contribution in [0.25, 0.3) is 5.95 Å². The summed E-state index contributed by atoms with van der Waals surface area (Å²) in [6.45, 7) is 6.85. The first kappa shape index (κ1) is 19.4. The zero-order valence-corrected chi connectivity index (χ0v) is 17.4. The number of hydrogen-bond acceptors (Lipinski definition) is 6. The minimum atomic E-state index is -0.0666. The Hall–Kier alpha value is -2.87. The van der Waals surface area contributed by atoms with E-state index in [2.05, 4.69) is 46.4 Å². The Balaban J connectivity index is 1.77. The highest BCUT2D eigenvalue weighted by molar-refractivity contribution is 8.00. The summed E-state index contributed by atoms with van der Waals surface area (Å²) >= 11 is 1.58. The summed E-state index contributed by atoms with van der Waals surface area (Å²) in [6.07, 6.45) is 3.32. The van der Waals surface area contributed by atoms with Crippen molar-refractivity contribution in [3.8, 4) is 11.7 Å². The van der Waals surface area contributed by atoms with E-state index in [1.807, 2.05) is 19.1 Å². The van der Waals surface area contributed by atoms with Crippen molar-refractivity contribution in [2.75, 3.05) is 17.7 Å². The molecule has 0 radical (unpaired) electrons. The van der Waals surface area contributed by atoms with Crippen LogP contribution >= 0.6 is 11.8 Å². The van der Waals surface area contributed by atoms with Crippen molar-refractivity contribution in [1.29, 1.82) is 0 Å². The molecule has 1 aromatic carbocycles. The number of fused-ring (bicyclic) bond motifs is 1. The van der Waals surface area contributed by atoms with Gasteiger partial charge >= 0.3 is 0 Å². The van der Waals surface area contributed by atoms with E-state index in [0.717, 1.165) is 22.6 Å². The Labute approximate surface area is 173 Å². The molecule has 0 unspecified atom stereocenters. The van der Waals surface area contributed by atoms with Gasteiger partial charge in [-0.25, -0.2) is 9.97 Å². The van der Waals surface area contributed by atoms with Crippen molar-refractivity contribution in [2.45, 2.75) is 26.0 Å². The molecule has 0 saturated carbocycles. The highest BCUT2D eigenvalue weighted by Crippen LogP contribution is 2.44. The molecule has 0 fully saturated rings. The number of aromatic nitrogens is 4. The fourth-order valence-corrected chi connectivity index (χ4v) is 4.40. The van der Waals surface area contributed by atoms with Gasteiger partial charge in [0, 0.05) is 18.0 Å². The first-order valence-electron chi connectivity index (χ1n) is 9.54. The average molecular weight is 410 g/mol. The standard InChI is InChI=1S/C21H23N5O2S/c1-13(2)11-28-16-7-4-6-15(10-16)19-18-14(3)25-26(21-22-8-5-9-23-21)20(18)24-17(27)12-29-19/h4-10,13,19H,11-12H2,1-3H3,(H,24,27)/t19-/m1/s1. The largest absolute Gasteiger partial charge is 0.493 e. The number of anilines is 1. The Morgan fingerprint density at radius 1 is 1.28 bits per heavy atom. The summed E-state index contributed by atoms with van der Waals surface area (Å²) in [7, 11) is 0. The fraction of sp³-hybridized carbons (Fsp3) is 0.333. The van der Waals surface area contributed by atoms with E-state index >= 15 is 0 Å². The molecule has 4 rings (SSSR count). The Morgan fingerprint density at radius 2 is 2.07 bits per heavy atom. The first-order chi connectivity index (χ1) is 14.0. The summed E-state index contributed by atoms with van der Waals surface area (Å²) in [6, 6.07) is 9.82. The maximum Gasteiger partial charge on any atom is 0.252 e. The maximum absolute atomic E-state index is 12.4. The van der Waals surface area contributed by atoms with Gasteiger partial charge in [0.05, 0.1) is 23.3 Å². The molecular formula is C21H23N5O2S. The molecule has 0 spiro atoms. The number of amides is 1. The van der Waals surface area contributed by atoms with Crippen LogP contribution in [0.2, 0.25) is 0 Å². The summed E-state index contributed by atoms with van der Waals surface area (Å²) < 4.78 is 7.52. The van der Waals surface area contributed by atoms with Crippen LogP contribution in [0.5, 0.6) is 5.75 Å². The van der Waals surface area contributed by atoms with Crippen molar-refractivity contribution < 1.29 is 9.53 Å². The summed E-state index contributed by atoms with van der Waals surface area (Å²) in [5.41, 5.74) is 2.88. The van der Waals surface area contributed by atoms with Gasteiger partial charge in [-0.3, -0.25) is 4.79 Å². The van der Waals surface area contributed by atoms with Crippen LogP contribution < -0.4 is 10.1 Å².